The summed E-state index contributed by atoms with van der Waals surface area (Å²) in [6, 6.07) is 6.40. The number of unbranched alkanes of at least 4 members (excludes halogenated alkanes) is 1. The fraction of sp³-hybridized carbons (Fsp3) is 0.556. The highest BCUT2D eigenvalue weighted by atomic mass is 16.7. The van der Waals surface area contributed by atoms with Crippen molar-refractivity contribution >= 4 is 11.9 Å². The quantitative estimate of drug-likeness (QED) is 0.813. The summed E-state index contributed by atoms with van der Waals surface area (Å²) in [6.07, 6.45) is 2.38. The predicted octanol–water partition coefficient (Wildman–Crippen LogP) is 3.45. The van der Waals surface area contributed by atoms with E-state index in [1.54, 1.807) is 26.0 Å². The van der Waals surface area contributed by atoms with Gasteiger partial charge in [-0.1, -0.05) is 39.3 Å². The van der Waals surface area contributed by atoms with E-state index in [4.69, 9.17) is 9.47 Å². The Morgan fingerprint density at radius 1 is 1.00 bits per heavy atom. The molecule has 0 atom stereocenters. The van der Waals surface area contributed by atoms with Crippen molar-refractivity contribution in [1.29, 1.82) is 0 Å². The van der Waals surface area contributed by atoms with Crippen LogP contribution in [0.25, 0.3) is 0 Å². The number of cyclic esters (lactones) is 2. The smallest absolute Gasteiger partial charge is 0.342 e. The van der Waals surface area contributed by atoms with Crippen molar-refractivity contribution < 1.29 is 24.2 Å². The molecule has 126 valence electrons. The van der Waals surface area contributed by atoms with Crippen LogP contribution in [0, 0.1) is 0 Å². The summed E-state index contributed by atoms with van der Waals surface area (Å²) in [5, 5.41) is 11.0. The molecular formula is C18H24O5. The van der Waals surface area contributed by atoms with Crippen LogP contribution in [0.1, 0.15) is 73.6 Å². The Labute approximate surface area is 136 Å². The van der Waals surface area contributed by atoms with E-state index in [1.807, 2.05) is 6.92 Å². The summed E-state index contributed by atoms with van der Waals surface area (Å²) in [4.78, 5) is 25.1. The van der Waals surface area contributed by atoms with Crippen molar-refractivity contribution in [2.75, 3.05) is 0 Å². The molecule has 0 fully saturated rings. The van der Waals surface area contributed by atoms with E-state index < -0.39 is 23.3 Å². The number of esters is 2. The first-order chi connectivity index (χ1) is 10.9. The fourth-order valence-corrected chi connectivity index (χ4v) is 2.99. The average Bonchev–Trinajstić information content (AvgIpc) is 2.68. The van der Waals surface area contributed by atoms with E-state index in [-0.39, 0.29) is 17.5 Å². The van der Waals surface area contributed by atoms with Crippen LogP contribution >= 0.6 is 0 Å². The second-order valence-corrected chi connectivity index (χ2v) is 5.92. The Morgan fingerprint density at radius 3 is 1.87 bits per heavy atom. The minimum atomic E-state index is -1.65. The first kappa shape index (κ1) is 17.5. The third-order valence-corrected chi connectivity index (χ3v) is 4.62. The van der Waals surface area contributed by atoms with Crippen molar-refractivity contribution in [3.05, 3.63) is 35.4 Å². The van der Waals surface area contributed by atoms with Crippen molar-refractivity contribution in [3.8, 4) is 0 Å². The molecule has 5 nitrogen and oxygen atoms in total. The van der Waals surface area contributed by atoms with E-state index in [9.17, 15) is 14.7 Å². The minimum absolute atomic E-state index is 0.172. The molecular weight excluding hydrogens is 296 g/mol. The fourth-order valence-electron chi connectivity index (χ4n) is 2.99. The van der Waals surface area contributed by atoms with Crippen molar-refractivity contribution in [2.24, 2.45) is 0 Å². The molecule has 0 spiro atoms. The molecule has 0 amide bonds. The van der Waals surface area contributed by atoms with Gasteiger partial charge in [-0.2, -0.15) is 0 Å². The maximum absolute atomic E-state index is 12.5. The van der Waals surface area contributed by atoms with Crippen LogP contribution in [-0.4, -0.2) is 28.4 Å². The Bertz CT molecular complexity index is 552. The first-order valence-electron chi connectivity index (χ1n) is 8.21. The summed E-state index contributed by atoms with van der Waals surface area (Å²) in [6.45, 7) is 5.56. The van der Waals surface area contributed by atoms with Gasteiger partial charge in [-0.25, -0.2) is 9.59 Å². The topological polar surface area (TPSA) is 72.8 Å². The average molecular weight is 320 g/mol. The number of aliphatic hydroxyl groups is 1. The Kier molecular flexibility index (Phi) is 5.09. The van der Waals surface area contributed by atoms with Crippen LogP contribution in [0.15, 0.2) is 24.3 Å². The first-order valence-corrected chi connectivity index (χ1v) is 8.21. The molecule has 1 aromatic carbocycles. The van der Waals surface area contributed by atoms with Crippen molar-refractivity contribution in [3.63, 3.8) is 0 Å². The molecule has 1 heterocycles. The largest absolute Gasteiger partial charge is 0.416 e. The number of hydrogen-bond donors (Lipinski definition) is 1. The number of hydrogen-bond acceptors (Lipinski definition) is 5. The second-order valence-electron chi connectivity index (χ2n) is 5.92. The number of benzene rings is 1. The molecule has 0 radical (unpaired) electrons. The zero-order valence-corrected chi connectivity index (χ0v) is 13.9. The molecule has 0 saturated heterocycles. The SMILES string of the molecule is CCCCC1(C(O)(CC)CC)OC(=O)c2ccccc2C(=O)O1. The van der Waals surface area contributed by atoms with Gasteiger partial charge in [-0.3, -0.25) is 0 Å². The summed E-state index contributed by atoms with van der Waals surface area (Å²) in [5.41, 5.74) is -1.08. The molecule has 5 heteroatoms. The highest BCUT2D eigenvalue weighted by molar-refractivity contribution is 6.04. The molecule has 0 aromatic heterocycles. The van der Waals surface area contributed by atoms with Crippen LogP contribution in [-0.2, 0) is 9.47 Å². The zero-order valence-electron chi connectivity index (χ0n) is 13.9. The van der Waals surface area contributed by atoms with Gasteiger partial charge in [0.15, 0.2) is 0 Å². The summed E-state index contributed by atoms with van der Waals surface area (Å²) >= 11 is 0. The number of fused-ring (bicyclic) bond motifs is 1. The molecule has 1 aromatic rings. The third-order valence-electron chi connectivity index (χ3n) is 4.62. The van der Waals surface area contributed by atoms with Gasteiger partial charge < -0.3 is 14.6 Å². The van der Waals surface area contributed by atoms with Crippen LogP contribution in [0.5, 0.6) is 0 Å². The third kappa shape index (κ3) is 2.98. The zero-order chi connectivity index (χ0) is 17.1. The van der Waals surface area contributed by atoms with Gasteiger partial charge in [0.25, 0.3) is 5.79 Å². The van der Waals surface area contributed by atoms with E-state index in [2.05, 4.69) is 0 Å². The molecule has 2 rings (SSSR count). The van der Waals surface area contributed by atoms with Crippen LogP contribution < -0.4 is 0 Å². The van der Waals surface area contributed by atoms with Gasteiger partial charge in [0.2, 0.25) is 0 Å². The van der Waals surface area contributed by atoms with Gasteiger partial charge >= 0.3 is 11.9 Å². The lowest BCUT2D eigenvalue weighted by Gasteiger charge is -2.43. The van der Waals surface area contributed by atoms with E-state index in [0.29, 0.717) is 19.3 Å². The lowest BCUT2D eigenvalue weighted by Crippen LogP contribution is -2.58. The Hall–Kier alpha value is -1.88. The van der Waals surface area contributed by atoms with E-state index in [1.165, 1.54) is 12.1 Å². The van der Waals surface area contributed by atoms with Gasteiger partial charge in [-0.15, -0.1) is 0 Å². The summed E-state index contributed by atoms with van der Waals surface area (Å²) in [7, 11) is 0. The Morgan fingerprint density at radius 2 is 1.48 bits per heavy atom. The highest BCUT2D eigenvalue weighted by Crippen LogP contribution is 2.41. The lowest BCUT2D eigenvalue weighted by molar-refractivity contribution is -0.274. The maximum Gasteiger partial charge on any atom is 0.342 e. The highest BCUT2D eigenvalue weighted by Gasteiger charge is 2.56. The van der Waals surface area contributed by atoms with Crippen LogP contribution in [0.2, 0.25) is 0 Å². The number of carbonyl (C=O) groups excluding carboxylic acids is 2. The molecule has 23 heavy (non-hydrogen) atoms. The van der Waals surface area contributed by atoms with Crippen LogP contribution in [0.3, 0.4) is 0 Å². The monoisotopic (exact) mass is 320 g/mol. The molecule has 0 unspecified atom stereocenters. The molecule has 0 aliphatic carbocycles. The minimum Gasteiger partial charge on any atom is -0.416 e. The van der Waals surface area contributed by atoms with E-state index >= 15 is 0 Å². The molecule has 0 saturated carbocycles. The normalized spacial score (nSPS) is 17.0. The molecule has 0 bridgehead atoms. The predicted molar refractivity (Wildman–Crippen MR) is 85.1 cm³/mol. The molecule has 1 aliphatic heterocycles. The van der Waals surface area contributed by atoms with Crippen molar-refractivity contribution in [2.45, 2.75) is 64.3 Å². The lowest BCUT2D eigenvalue weighted by atomic mass is 9.83. The van der Waals surface area contributed by atoms with Gasteiger partial charge in [0.1, 0.15) is 5.60 Å². The second kappa shape index (κ2) is 6.71. The standard InChI is InChI=1S/C18H24O5/c1-4-7-12-18(17(21,5-2)6-3)22-15(19)13-10-8-9-11-14(13)16(20)23-18/h8-11,21H,4-7,12H2,1-3H3. The van der Waals surface area contributed by atoms with Gasteiger partial charge in [0.05, 0.1) is 11.1 Å². The van der Waals surface area contributed by atoms with Gasteiger partial charge in [0, 0.05) is 6.42 Å². The van der Waals surface area contributed by atoms with Crippen molar-refractivity contribution in [1.82, 2.24) is 0 Å². The number of rotatable bonds is 6. The summed E-state index contributed by atoms with van der Waals surface area (Å²) < 4.78 is 11.2. The molecule has 1 N–H and O–H groups in total. The van der Waals surface area contributed by atoms with Crippen LogP contribution in [0.4, 0.5) is 0 Å². The summed E-state index contributed by atoms with van der Waals surface area (Å²) in [5.74, 6) is -2.93. The maximum atomic E-state index is 12.5. The van der Waals surface area contributed by atoms with E-state index in [0.717, 1.165) is 6.42 Å². The number of carbonyl (C=O) groups is 2. The van der Waals surface area contributed by atoms with Gasteiger partial charge in [-0.05, 0) is 31.4 Å². The Balaban J connectivity index is 2.53. The molecule has 1 aliphatic rings. The number of ether oxygens (including phenoxy) is 2.